The van der Waals surface area contributed by atoms with Crippen LogP contribution in [-0.4, -0.2) is 15.0 Å². The molecule has 0 saturated carbocycles. The fourth-order valence-electron chi connectivity index (χ4n) is 2.30. The summed E-state index contributed by atoms with van der Waals surface area (Å²) in [5, 5.41) is 7.82. The van der Waals surface area contributed by atoms with Crippen molar-refractivity contribution in [3.8, 4) is 0 Å². The fourth-order valence-corrected chi connectivity index (χ4v) is 2.58. The van der Waals surface area contributed by atoms with E-state index < -0.39 is 0 Å². The Morgan fingerprint density at radius 2 is 2.16 bits per heavy atom. The topological polar surface area (TPSA) is 65.6 Å². The van der Waals surface area contributed by atoms with Crippen molar-refractivity contribution < 1.29 is 0 Å². The lowest BCUT2D eigenvalue weighted by atomic mass is 10.1. The lowest BCUT2D eigenvalue weighted by Gasteiger charge is -2.07. The molecule has 0 fully saturated rings. The molecule has 0 amide bonds. The van der Waals surface area contributed by atoms with Crippen LogP contribution in [0, 0.1) is 0 Å². The standard InChI is InChI=1S/C13H10BrN5/c14-11-6-17-12-13(19-11)18-10-3-7-1-2-15-9(7)4-8(10)5-16-12/h1-4,6,15H,5H2,(H,16,17)(H,18,19). The van der Waals surface area contributed by atoms with Crippen LogP contribution in [-0.2, 0) is 6.54 Å². The van der Waals surface area contributed by atoms with Crippen LogP contribution in [0.25, 0.3) is 10.9 Å². The molecule has 1 aliphatic heterocycles. The number of benzene rings is 1. The van der Waals surface area contributed by atoms with E-state index in [1.807, 2.05) is 6.20 Å². The summed E-state index contributed by atoms with van der Waals surface area (Å²) < 4.78 is 0.715. The summed E-state index contributed by atoms with van der Waals surface area (Å²) >= 11 is 3.34. The third-order valence-corrected chi connectivity index (χ3v) is 3.60. The maximum atomic E-state index is 4.41. The van der Waals surface area contributed by atoms with Gasteiger partial charge in [0.05, 0.1) is 6.20 Å². The number of aromatic amines is 1. The third kappa shape index (κ3) is 1.76. The van der Waals surface area contributed by atoms with Gasteiger partial charge in [-0.25, -0.2) is 9.97 Å². The molecule has 4 rings (SSSR count). The number of aromatic nitrogens is 3. The van der Waals surface area contributed by atoms with Crippen molar-refractivity contribution in [2.45, 2.75) is 6.54 Å². The minimum absolute atomic E-state index is 0.715. The van der Waals surface area contributed by atoms with Gasteiger partial charge in [0.1, 0.15) is 4.60 Å². The molecule has 0 saturated heterocycles. The zero-order chi connectivity index (χ0) is 12.8. The van der Waals surface area contributed by atoms with E-state index in [9.17, 15) is 0 Å². The second kappa shape index (κ2) is 3.96. The van der Waals surface area contributed by atoms with Crippen LogP contribution in [0.2, 0.25) is 0 Å². The summed E-state index contributed by atoms with van der Waals surface area (Å²) in [6, 6.07) is 6.33. The van der Waals surface area contributed by atoms with Gasteiger partial charge in [0.2, 0.25) is 0 Å². The zero-order valence-electron chi connectivity index (χ0n) is 9.87. The van der Waals surface area contributed by atoms with Gasteiger partial charge in [-0.2, -0.15) is 0 Å². The van der Waals surface area contributed by atoms with Crippen LogP contribution in [0.1, 0.15) is 5.56 Å². The van der Waals surface area contributed by atoms with Gasteiger partial charge >= 0.3 is 0 Å². The molecule has 5 nitrogen and oxygen atoms in total. The number of halogens is 1. The summed E-state index contributed by atoms with van der Waals surface area (Å²) in [6.07, 6.45) is 3.63. The maximum absolute atomic E-state index is 4.41. The predicted molar refractivity (Wildman–Crippen MR) is 78.6 cm³/mol. The Morgan fingerprint density at radius 3 is 3.11 bits per heavy atom. The molecule has 1 aromatic carbocycles. The van der Waals surface area contributed by atoms with Gasteiger partial charge < -0.3 is 15.6 Å². The highest BCUT2D eigenvalue weighted by atomic mass is 79.9. The predicted octanol–water partition coefficient (Wildman–Crippen LogP) is 3.39. The van der Waals surface area contributed by atoms with E-state index in [2.05, 4.69) is 59.7 Å². The lowest BCUT2D eigenvalue weighted by molar-refractivity contribution is 1.11. The van der Waals surface area contributed by atoms with Gasteiger partial charge in [-0.1, -0.05) is 0 Å². The van der Waals surface area contributed by atoms with Gasteiger partial charge in [-0.05, 0) is 39.7 Å². The smallest absolute Gasteiger partial charge is 0.174 e. The Bertz CT molecular complexity index is 780. The van der Waals surface area contributed by atoms with Crippen LogP contribution in [0.15, 0.2) is 35.2 Å². The fraction of sp³-hybridized carbons (Fsp3) is 0.0769. The van der Waals surface area contributed by atoms with E-state index in [1.54, 1.807) is 6.20 Å². The lowest BCUT2D eigenvalue weighted by Crippen LogP contribution is -2.00. The largest absolute Gasteiger partial charge is 0.363 e. The molecule has 2 aromatic heterocycles. The number of fused-ring (bicyclic) bond motifs is 3. The molecular formula is C13H10BrN5. The monoisotopic (exact) mass is 315 g/mol. The normalized spacial score (nSPS) is 13.1. The Hall–Kier alpha value is -2.08. The second-order valence-corrected chi connectivity index (χ2v) is 5.26. The van der Waals surface area contributed by atoms with E-state index in [0.717, 1.165) is 29.4 Å². The minimum Gasteiger partial charge on any atom is -0.363 e. The number of H-pyrrole nitrogens is 1. The van der Waals surface area contributed by atoms with Crippen molar-refractivity contribution in [1.29, 1.82) is 0 Å². The third-order valence-electron chi connectivity index (χ3n) is 3.22. The van der Waals surface area contributed by atoms with Gasteiger partial charge in [0, 0.05) is 29.3 Å². The molecule has 0 spiro atoms. The first-order valence-electron chi connectivity index (χ1n) is 5.93. The van der Waals surface area contributed by atoms with Crippen LogP contribution < -0.4 is 10.6 Å². The van der Waals surface area contributed by atoms with Crippen LogP contribution in [0.4, 0.5) is 17.3 Å². The average Bonchev–Trinajstić information content (AvgIpc) is 2.77. The van der Waals surface area contributed by atoms with Crippen molar-refractivity contribution in [1.82, 2.24) is 15.0 Å². The summed E-state index contributed by atoms with van der Waals surface area (Å²) in [4.78, 5) is 12.0. The molecular weight excluding hydrogens is 306 g/mol. The molecule has 0 atom stereocenters. The Labute approximate surface area is 117 Å². The summed E-state index contributed by atoms with van der Waals surface area (Å²) in [5.41, 5.74) is 3.38. The van der Waals surface area contributed by atoms with Crippen molar-refractivity contribution in [3.05, 3.63) is 40.8 Å². The molecule has 3 aromatic rings. The van der Waals surface area contributed by atoms with Gasteiger partial charge in [-0.3, -0.25) is 0 Å². The van der Waals surface area contributed by atoms with E-state index in [-0.39, 0.29) is 0 Å². The number of anilines is 3. The van der Waals surface area contributed by atoms with Crippen molar-refractivity contribution >= 4 is 44.2 Å². The number of nitrogens with zero attached hydrogens (tertiary/aromatic N) is 2. The highest BCUT2D eigenvalue weighted by Gasteiger charge is 2.15. The maximum Gasteiger partial charge on any atom is 0.174 e. The average molecular weight is 316 g/mol. The number of nitrogens with one attached hydrogen (secondary N) is 3. The number of hydrogen-bond donors (Lipinski definition) is 3. The summed E-state index contributed by atoms with van der Waals surface area (Å²) in [7, 11) is 0. The molecule has 1 aliphatic rings. The highest BCUT2D eigenvalue weighted by Crippen LogP contribution is 2.32. The molecule has 19 heavy (non-hydrogen) atoms. The molecule has 94 valence electrons. The highest BCUT2D eigenvalue weighted by molar-refractivity contribution is 9.10. The quantitative estimate of drug-likeness (QED) is 0.595. The van der Waals surface area contributed by atoms with E-state index in [4.69, 9.17) is 0 Å². The van der Waals surface area contributed by atoms with E-state index >= 15 is 0 Å². The Morgan fingerprint density at radius 1 is 1.21 bits per heavy atom. The van der Waals surface area contributed by atoms with Gasteiger partial charge in [0.25, 0.3) is 0 Å². The minimum atomic E-state index is 0.715. The van der Waals surface area contributed by atoms with E-state index in [1.165, 1.54) is 10.9 Å². The summed E-state index contributed by atoms with van der Waals surface area (Å²) in [5.74, 6) is 1.51. The van der Waals surface area contributed by atoms with Crippen molar-refractivity contribution in [2.24, 2.45) is 0 Å². The van der Waals surface area contributed by atoms with Crippen LogP contribution in [0.5, 0.6) is 0 Å². The zero-order valence-corrected chi connectivity index (χ0v) is 11.5. The molecule has 6 heteroatoms. The number of hydrogen-bond acceptors (Lipinski definition) is 4. The first-order valence-corrected chi connectivity index (χ1v) is 6.72. The van der Waals surface area contributed by atoms with Crippen LogP contribution in [0.3, 0.4) is 0 Å². The van der Waals surface area contributed by atoms with E-state index in [0.29, 0.717) is 4.60 Å². The molecule has 3 heterocycles. The SMILES string of the molecule is Brc1cnc2c(n1)Nc1cc3cc[nH]c3cc1CN2. The molecule has 0 radical (unpaired) electrons. The molecule has 0 aliphatic carbocycles. The first kappa shape index (κ1) is 10.8. The van der Waals surface area contributed by atoms with Crippen LogP contribution >= 0.6 is 15.9 Å². The Kier molecular flexibility index (Phi) is 2.25. The summed E-state index contributed by atoms with van der Waals surface area (Å²) in [6.45, 7) is 0.723. The Balaban J connectivity index is 1.89. The van der Waals surface area contributed by atoms with Gasteiger partial charge in [-0.15, -0.1) is 0 Å². The van der Waals surface area contributed by atoms with Crippen molar-refractivity contribution in [2.75, 3.05) is 10.6 Å². The molecule has 0 bridgehead atoms. The molecule has 3 N–H and O–H groups in total. The molecule has 0 unspecified atom stereocenters. The number of rotatable bonds is 0. The van der Waals surface area contributed by atoms with Crippen molar-refractivity contribution in [3.63, 3.8) is 0 Å². The van der Waals surface area contributed by atoms with Gasteiger partial charge in [0.15, 0.2) is 11.6 Å². The second-order valence-electron chi connectivity index (χ2n) is 4.44. The first-order chi connectivity index (χ1) is 9.29.